The molecule has 0 radical (unpaired) electrons. The third-order valence-corrected chi connectivity index (χ3v) is 3.55. The van der Waals surface area contributed by atoms with Gasteiger partial charge in [-0.05, 0) is 57.7 Å². The molecule has 0 heterocycles. The fourth-order valence-electron chi connectivity index (χ4n) is 1.78. The van der Waals surface area contributed by atoms with E-state index in [2.05, 4.69) is 35.8 Å². The summed E-state index contributed by atoms with van der Waals surface area (Å²) in [5.41, 5.74) is 1.42. The Labute approximate surface area is 126 Å². The maximum absolute atomic E-state index is 10.9. The zero-order valence-corrected chi connectivity index (χ0v) is 12.8. The van der Waals surface area contributed by atoms with Gasteiger partial charge in [-0.2, -0.15) is 0 Å². The first-order valence-corrected chi connectivity index (χ1v) is 7.07. The van der Waals surface area contributed by atoms with Crippen LogP contribution in [0.15, 0.2) is 46.9 Å². The van der Waals surface area contributed by atoms with Crippen LogP contribution >= 0.6 is 15.9 Å². The number of halogens is 1. The summed E-state index contributed by atoms with van der Waals surface area (Å²) >= 11 is 3.33. The number of carbonyl (C=O) groups is 1. The molecule has 2 aromatic rings. The molecular formula is C16H15BrO3. The van der Waals surface area contributed by atoms with E-state index >= 15 is 0 Å². The fraction of sp³-hybridized carbons (Fsp3) is 0.188. The summed E-state index contributed by atoms with van der Waals surface area (Å²) in [6.07, 6.45) is 0. The Morgan fingerprint density at radius 2 is 1.95 bits per heavy atom. The second-order valence-electron chi connectivity index (χ2n) is 4.78. The highest BCUT2D eigenvalue weighted by Crippen LogP contribution is 2.31. The Hall–Kier alpha value is -1.81. The molecule has 0 unspecified atom stereocenters. The quantitative estimate of drug-likeness (QED) is 0.849. The molecule has 20 heavy (non-hydrogen) atoms. The van der Waals surface area contributed by atoms with Crippen molar-refractivity contribution >= 4 is 21.9 Å². The molecule has 0 fully saturated rings. The Morgan fingerprint density at radius 3 is 2.55 bits per heavy atom. The Bertz CT molecular complexity index is 635. The van der Waals surface area contributed by atoms with Crippen molar-refractivity contribution in [2.75, 3.05) is 0 Å². The van der Waals surface area contributed by atoms with Crippen molar-refractivity contribution in [2.45, 2.75) is 19.8 Å². The van der Waals surface area contributed by atoms with Gasteiger partial charge in [0.15, 0.2) is 0 Å². The number of aromatic carboxylic acids is 1. The number of hydrogen-bond donors (Lipinski definition) is 1. The second kappa shape index (κ2) is 6.09. The van der Waals surface area contributed by atoms with E-state index in [-0.39, 0.29) is 5.56 Å². The Morgan fingerprint density at radius 1 is 1.20 bits per heavy atom. The number of benzene rings is 2. The molecule has 0 aliphatic rings. The number of hydrogen-bond acceptors (Lipinski definition) is 2. The number of carboxylic acids is 1. The van der Waals surface area contributed by atoms with E-state index in [1.54, 1.807) is 6.07 Å². The summed E-state index contributed by atoms with van der Waals surface area (Å²) in [5.74, 6) is 0.798. The summed E-state index contributed by atoms with van der Waals surface area (Å²) in [4.78, 5) is 10.9. The summed E-state index contributed by atoms with van der Waals surface area (Å²) in [7, 11) is 0. The lowest BCUT2D eigenvalue weighted by molar-refractivity contribution is 0.0697. The second-order valence-corrected chi connectivity index (χ2v) is 5.63. The van der Waals surface area contributed by atoms with Gasteiger partial charge in [-0.3, -0.25) is 0 Å². The maximum Gasteiger partial charge on any atom is 0.335 e. The molecule has 0 aliphatic carbocycles. The molecule has 1 N–H and O–H groups in total. The minimum atomic E-state index is -0.959. The molecule has 0 atom stereocenters. The molecule has 4 heteroatoms. The third-order valence-electron chi connectivity index (χ3n) is 2.93. The van der Waals surface area contributed by atoms with Gasteiger partial charge >= 0.3 is 5.97 Å². The standard InChI is InChI=1S/C16H15BrO3/c1-10(2)11-4-3-5-13(8-11)20-15-7-6-12(16(18)19)9-14(15)17/h3-10H,1-2H3,(H,18,19). The van der Waals surface area contributed by atoms with Crippen LogP contribution in [-0.2, 0) is 0 Å². The first-order valence-electron chi connectivity index (χ1n) is 6.28. The van der Waals surface area contributed by atoms with E-state index in [0.29, 0.717) is 16.1 Å². The lowest BCUT2D eigenvalue weighted by atomic mass is 10.0. The zero-order chi connectivity index (χ0) is 14.7. The van der Waals surface area contributed by atoms with Crippen LogP contribution in [-0.4, -0.2) is 11.1 Å². The highest BCUT2D eigenvalue weighted by atomic mass is 79.9. The lowest BCUT2D eigenvalue weighted by Crippen LogP contribution is -1.96. The van der Waals surface area contributed by atoms with Crippen molar-refractivity contribution in [1.82, 2.24) is 0 Å². The van der Waals surface area contributed by atoms with Crippen LogP contribution in [0.2, 0.25) is 0 Å². The molecule has 0 bridgehead atoms. The molecule has 0 amide bonds. The molecule has 0 saturated carbocycles. The van der Waals surface area contributed by atoms with Gasteiger partial charge < -0.3 is 9.84 Å². The van der Waals surface area contributed by atoms with Crippen LogP contribution in [0, 0.1) is 0 Å². The van der Waals surface area contributed by atoms with E-state index in [1.165, 1.54) is 17.7 Å². The van der Waals surface area contributed by atoms with E-state index in [9.17, 15) is 4.79 Å². The van der Waals surface area contributed by atoms with E-state index in [0.717, 1.165) is 5.75 Å². The third kappa shape index (κ3) is 3.39. The lowest BCUT2D eigenvalue weighted by Gasteiger charge is -2.11. The van der Waals surface area contributed by atoms with Gasteiger partial charge in [-0.15, -0.1) is 0 Å². The predicted molar refractivity (Wildman–Crippen MR) is 81.7 cm³/mol. The number of ether oxygens (including phenoxy) is 1. The average Bonchev–Trinajstić information content (AvgIpc) is 2.41. The zero-order valence-electron chi connectivity index (χ0n) is 11.3. The van der Waals surface area contributed by atoms with Crippen molar-refractivity contribution in [3.8, 4) is 11.5 Å². The van der Waals surface area contributed by atoms with Gasteiger partial charge in [0, 0.05) is 0 Å². The molecule has 2 rings (SSSR count). The van der Waals surface area contributed by atoms with Crippen LogP contribution in [0.1, 0.15) is 35.7 Å². The van der Waals surface area contributed by atoms with Gasteiger partial charge in [-0.1, -0.05) is 26.0 Å². The summed E-state index contributed by atoms with van der Waals surface area (Å²) in [6.45, 7) is 4.24. The fourth-order valence-corrected chi connectivity index (χ4v) is 2.24. The van der Waals surface area contributed by atoms with Gasteiger partial charge in [0.05, 0.1) is 10.0 Å². The molecule has 0 spiro atoms. The monoisotopic (exact) mass is 334 g/mol. The van der Waals surface area contributed by atoms with E-state index in [1.807, 2.05) is 18.2 Å². The minimum Gasteiger partial charge on any atom is -0.478 e. The molecule has 0 aromatic heterocycles. The van der Waals surface area contributed by atoms with E-state index < -0.39 is 5.97 Å². The van der Waals surface area contributed by atoms with Crippen LogP contribution in [0.3, 0.4) is 0 Å². The van der Waals surface area contributed by atoms with E-state index in [4.69, 9.17) is 9.84 Å². The van der Waals surface area contributed by atoms with Crippen LogP contribution < -0.4 is 4.74 Å². The summed E-state index contributed by atoms with van der Waals surface area (Å²) in [5, 5.41) is 8.93. The highest BCUT2D eigenvalue weighted by Gasteiger charge is 2.09. The smallest absolute Gasteiger partial charge is 0.335 e. The summed E-state index contributed by atoms with van der Waals surface area (Å²) < 4.78 is 6.41. The van der Waals surface area contributed by atoms with Crippen molar-refractivity contribution in [3.05, 3.63) is 58.1 Å². The van der Waals surface area contributed by atoms with Crippen LogP contribution in [0.5, 0.6) is 11.5 Å². The van der Waals surface area contributed by atoms with Crippen LogP contribution in [0.4, 0.5) is 0 Å². The normalized spacial score (nSPS) is 10.6. The van der Waals surface area contributed by atoms with Gasteiger partial charge in [0.2, 0.25) is 0 Å². The van der Waals surface area contributed by atoms with Gasteiger partial charge in [0.25, 0.3) is 0 Å². The SMILES string of the molecule is CC(C)c1cccc(Oc2ccc(C(=O)O)cc2Br)c1. The predicted octanol–water partition coefficient (Wildman–Crippen LogP) is 5.06. The first-order chi connectivity index (χ1) is 9.47. The van der Waals surface area contributed by atoms with Gasteiger partial charge in [-0.25, -0.2) is 4.79 Å². The molecule has 3 nitrogen and oxygen atoms in total. The van der Waals surface area contributed by atoms with Crippen molar-refractivity contribution in [2.24, 2.45) is 0 Å². The maximum atomic E-state index is 10.9. The topological polar surface area (TPSA) is 46.5 Å². The molecule has 104 valence electrons. The first kappa shape index (κ1) is 14.6. The average molecular weight is 335 g/mol. The van der Waals surface area contributed by atoms with Crippen molar-refractivity contribution < 1.29 is 14.6 Å². The Balaban J connectivity index is 2.26. The highest BCUT2D eigenvalue weighted by molar-refractivity contribution is 9.10. The number of carboxylic acid groups (broad SMARTS) is 1. The Kier molecular flexibility index (Phi) is 4.45. The van der Waals surface area contributed by atoms with Crippen molar-refractivity contribution in [3.63, 3.8) is 0 Å². The molecular weight excluding hydrogens is 320 g/mol. The van der Waals surface area contributed by atoms with Crippen molar-refractivity contribution in [1.29, 1.82) is 0 Å². The molecule has 0 aliphatic heterocycles. The minimum absolute atomic E-state index is 0.222. The van der Waals surface area contributed by atoms with Gasteiger partial charge in [0.1, 0.15) is 11.5 Å². The summed E-state index contributed by atoms with van der Waals surface area (Å²) in [6, 6.07) is 12.6. The largest absolute Gasteiger partial charge is 0.478 e. The van der Waals surface area contributed by atoms with Crippen LogP contribution in [0.25, 0.3) is 0 Å². The number of rotatable bonds is 4. The molecule has 2 aromatic carbocycles. The molecule has 0 saturated heterocycles.